The SMILES string of the molecule is NCc1ccc(Oc2nnc3ccccc3n2)cc1. The number of nitrogens with two attached hydrogens (primary N) is 1. The van der Waals surface area contributed by atoms with E-state index in [2.05, 4.69) is 15.2 Å². The van der Waals surface area contributed by atoms with E-state index in [4.69, 9.17) is 10.5 Å². The summed E-state index contributed by atoms with van der Waals surface area (Å²) in [5, 5.41) is 7.99. The van der Waals surface area contributed by atoms with Crippen LogP contribution in [0.3, 0.4) is 0 Å². The third kappa shape index (κ3) is 2.51. The van der Waals surface area contributed by atoms with Crippen molar-refractivity contribution in [1.29, 1.82) is 0 Å². The van der Waals surface area contributed by atoms with E-state index in [1.165, 1.54) is 0 Å². The summed E-state index contributed by atoms with van der Waals surface area (Å²) in [7, 11) is 0. The van der Waals surface area contributed by atoms with E-state index in [-0.39, 0.29) is 6.01 Å². The van der Waals surface area contributed by atoms with Crippen LogP contribution in [-0.2, 0) is 6.54 Å². The summed E-state index contributed by atoms with van der Waals surface area (Å²) in [6, 6.07) is 15.2. The molecule has 0 saturated carbocycles. The molecule has 2 N–H and O–H groups in total. The molecule has 94 valence electrons. The lowest BCUT2D eigenvalue weighted by Crippen LogP contribution is -1.97. The van der Waals surface area contributed by atoms with Gasteiger partial charge in [0, 0.05) is 6.54 Å². The summed E-state index contributed by atoms with van der Waals surface area (Å²) in [5.74, 6) is 0.661. The zero-order chi connectivity index (χ0) is 13.1. The van der Waals surface area contributed by atoms with Crippen molar-refractivity contribution in [2.45, 2.75) is 6.54 Å². The first-order valence-corrected chi connectivity index (χ1v) is 5.91. The minimum atomic E-state index is 0.235. The molecule has 0 fully saturated rings. The van der Waals surface area contributed by atoms with Gasteiger partial charge in [-0.2, -0.15) is 4.98 Å². The lowest BCUT2D eigenvalue weighted by molar-refractivity contribution is 0.437. The van der Waals surface area contributed by atoms with Gasteiger partial charge < -0.3 is 10.5 Å². The number of fused-ring (bicyclic) bond motifs is 1. The summed E-state index contributed by atoms with van der Waals surface area (Å²) >= 11 is 0. The second-order valence-electron chi connectivity index (χ2n) is 4.03. The Kier molecular flexibility index (Phi) is 3.04. The van der Waals surface area contributed by atoms with Crippen molar-refractivity contribution in [3.8, 4) is 11.8 Å². The molecule has 0 aliphatic heterocycles. The first-order chi connectivity index (χ1) is 9.35. The molecule has 5 heteroatoms. The third-order valence-corrected chi connectivity index (χ3v) is 2.71. The van der Waals surface area contributed by atoms with Gasteiger partial charge in [0.05, 0.1) is 5.52 Å². The molecular formula is C14H12N4O. The van der Waals surface area contributed by atoms with Crippen LogP contribution in [0.2, 0.25) is 0 Å². The van der Waals surface area contributed by atoms with Gasteiger partial charge >= 0.3 is 6.01 Å². The van der Waals surface area contributed by atoms with Crippen LogP contribution in [0.1, 0.15) is 5.56 Å². The minimum Gasteiger partial charge on any atom is -0.423 e. The Hall–Kier alpha value is -2.53. The first kappa shape index (κ1) is 11.6. The summed E-state index contributed by atoms with van der Waals surface area (Å²) in [4.78, 5) is 4.29. The van der Waals surface area contributed by atoms with Crippen molar-refractivity contribution >= 4 is 11.0 Å². The van der Waals surface area contributed by atoms with Crippen molar-refractivity contribution in [3.05, 3.63) is 54.1 Å². The normalized spacial score (nSPS) is 10.6. The number of hydrogen-bond acceptors (Lipinski definition) is 5. The summed E-state index contributed by atoms with van der Waals surface area (Å²) in [6.07, 6.45) is 0. The van der Waals surface area contributed by atoms with Crippen LogP contribution in [0.4, 0.5) is 0 Å². The monoisotopic (exact) mass is 252 g/mol. The van der Waals surface area contributed by atoms with Gasteiger partial charge in [-0.15, -0.1) is 5.10 Å². The van der Waals surface area contributed by atoms with Crippen LogP contribution >= 0.6 is 0 Å². The van der Waals surface area contributed by atoms with Gasteiger partial charge in [-0.3, -0.25) is 0 Å². The first-order valence-electron chi connectivity index (χ1n) is 5.91. The Morgan fingerprint density at radius 2 is 1.63 bits per heavy atom. The topological polar surface area (TPSA) is 73.9 Å². The smallest absolute Gasteiger partial charge is 0.341 e. The molecule has 3 aromatic rings. The largest absolute Gasteiger partial charge is 0.423 e. The number of rotatable bonds is 3. The second kappa shape index (κ2) is 4.99. The molecule has 0 atom stereocenters. The third-order valence-electron chi connectivity index (χ3n) is 2.71. The lowest BCUT2D eigenvalue weighted by Gasteiger charge is -2.04. The highest BCUT2D eigenvalue weighted by atomic mass is 16.5. The van der Waals surface area contributed by atoms with E-state index in [9.17, 15) is 0 Å². The van der Waals surface area contributed by atoms with Crippen LogP contribution in [0.5, 0.6) is 11.8 Å². The van der Waals surface area contributed by atoms with Gasteiger partial charge in [0.25, 0.3) is 0 Å². The van der Waals surface area contributed by atoms with Crippen molar-refractivity contribution in [3.63, 3.8) is 0 Å². The van der Waals surface area contributed by atoms with Crippen LogP contribution < -0.4 is 10.5 Å². The average molecular weight is 252 g/mol. The Bertz CT molecular complexity index is 697. The second-order valence-corrected chi connectivity index (χ2v) is 4.03. The van der Waals surface area contributed by atoms with E-state index in [0.29, 0.717) is 12.3 Å². The van der Waals surface area contributed by atoms with Gasteiger partial charge in [-0.1, -0.05) is 29.4 Å². The highest BCUT2D eigenvalue weighted by molar-refractivity contribution is 5.73. The number of ether oxygens (including phenoxy) is 1. The number of hydrogen-bond donors (Lipinski definition) is 1. The maximum atomic E-state index is 5.56. The Morgan fingerprint density at radius 1 is 0.895 bits per heavy atom. The maximum absolute atomic E-state index is 5.56. The average Bonchev–Trinajstić information content (AvgIpc) is 2.48. The van der Waals surface area contributed by atoms with Crippen LogP contribution in [-0.4, -0.2) is 15.2 Å². The maximum Gasteiger partial charge on any atom is 0.341 e. The molecule has 0 bridgehead atoms. The van der Waals surface area contributed by atoms with E-state index in [0.717, 1.165) is 16.6 Å². The summed E-state index contributed by atoms with van der Waals surface area (Å²) in [6.45, 7) is 0.508. The Balaban J connectivity index is 1.87. The molecule has 1 aromatic heterocycles. The molecule has 0 amide bonds. The zero-order valence-corrected chi connectivity index (χ0v) is 10.2. The van der Waals surface area contributed by atoms with E-state index in [1.54, 1.807) is 0 Å². The number of aromatic nitrogens is 3. The highest BCUT2D eigenvalue weighted by Gasteiger charge is 2.03. The van der Waals surface area contributed by atoms with Gasteiger partial charge in [-0.25, -0.2) is 0 Å². The van der Waals surface area contributed by atoms with Crippen molar-refractivity contribution in [1.82, 2.24) is 15.2 Å². The molecule has 0 aliphatic carbocycles. The molecule has 0 spiro atoms. The molecule has 0 unspecified atom stereocenters. The molecule has 0 aliphatic rings. The van der Waals surface area contributed by atoms with Crippen molar-refractivity contribution in [2.75, 3.05) is 0 Å². The molecule has 3 rings (SSSR count). The quantitative estimate of drug-likeness (QED) is 0.774. The van der Waals surface area contributed by atoms with Crippen LogP contribution in [0, 0.1) is 0 Å². The summed E-state index contributed by atoms with van der Waals surface area (Å²) in [5.41, 5.74) is 8.08. The fraction of sp³-hybridized carbons (Fsp3) is 0.0714. The van der Waals surface area contributed by atoms with Gasteiger partial charge in [-0.05, 0) is 29.8 Å². The minimum absolute atomic E-state index is 0.235. The molecular weight excluding hydrogens is 240 g/mol. The zero-order valence-electron chi connectivity index (χ0n) is 10.2. The van der Waals surface area contributed by atoms with Crippen molar-refractivity contribution < 1.29 is 4.74 Å². The predicted octanol–water partition coefficient (Wildman–Crippen LogP) is 2.28. The summed E-state index contributed by atoms with van der Waals surface area (Å²) < 4.78 is 5.56. The van der Waals surface area contributed by atoms with Crippen LogP contribution in [0.15, 0.2) is 48.5 Å². The van der Waals surface area contributed by atoms with E-state index >= 15 is 0 Å². The number of para-hydroxylation sites is 1. The number of nitrogens with zero attached hydrogens (tertiary/aromatic N) is 3. The Morgan fingerprint density at radius 3 is 2.37 bits per heavy atom. The molecule has 19 heavy (non-hydrogen) atoms. The fourth-order valence-electron chi connectivity index (χ4n) is 1.71. The standard InChI is InChI=1S/C14H12N4O/c15-9-10-5-7-11(8-6-10)19-14-16-12-3-1-2-4-13(12)17-18-14/h1-8H,9,15H2. The predicted molar refractivity (Wildman–Crippen MR) is 71.7 cm³/mol. The molecule has 2 aromatic carbocycles. The van der Waals surface area contributed by atoms with Crippen LogP contribution in [0.25, 0.3) is 11.0 Å². The van der Waals surface area contributed by atoms with E-state index < -0.39 is 0 Å². The van der Waals surface area contributed by atoms with E-state index in [1.807, 2.05) is 48.5 Å². The van der Waals surface area contributed by atoms with Gasteiger partial charge in [0.15, 0.2) is 0 Å². The van der Waals surface area contributed by atoms with Crippen molar-refractivity contribution in [2.24, 2.45) is 5.73 Å². The highest BCUT2D eigenvalue weighted by Crippen LogP contribution is 2.19. The Labute approximate surface area is 110 Å². The van der Waals surface area contributed by atoms with Gasteiger partial charge in [0.2, 0.25) is 0 Å². The lowest BCUT2D eigenvalue weighted by atomic mass is 10.2. The number of benzene rings is 2. The van der Waals surface area contributed by atoms with Gasteiger partial charge in [0.1, 0.15) is 11.3 Å². The molecule has 1 heterocycles. The fourth-order valence-corrected chi connectivity index (χ4v) is 1.71. The molecule has 5 nitrogen and oxygen atoms in total. The molecule has 0 radical (unpaired) electrons. The molecule has 0 saturated heterocycles.